The van der Waals surface area contributed by atoms with Crippen LogP contribution in [0.3, 0.4) is 0 Å². The van der Waals surface area contributed by atoms with Crippen molar-refractivity contribution in [1.82, 2.24) is 0 Å². The van der Waals surface area contributed by atoms with E-state index in [0.29, 0.717) is 0 Å². The van der Waals surface area contributed by atoms with Gasteiger partial charge in [0.25, 0.3) is 0 Å². The molecule has 0 saturated carbocycles. The average molecular weight is 442 g/mol. The minimum absolute atomic E-state index is 0. The molecule has 0 spiro atoms. The molecule has 0 bridgehead atoms. The largest absolute Gasteiger partial charge is 1.00 e. The van der Waals surface area contributed by atoms with Gasteiger partial charge >= 0.3 is 27.7 Å². The molecule has 1 rings (SSSR count). The molecule has 0 amide bonds. The first-order valence-electron chi connectivity index (χ1n) is 4.00. The monoisotopic (exact) mass is 442 g/mol. The zero-order chi connectivity index (χ0) is 8.81. The first kappa shape index (κ1) is 16.8. The second-order valence-electron chi connectivity index (χ2n) is 2.63. The summed E-state index contributed by atoms with van der Waals surface area (Å²) in [5, 5.41) is 8.55. The predicted octanol–water partition coefficient (Wildman–Crippen LogP) is -0.846. The smallest absolute Gasteiger partial charge is 1.00 e. The van der Waals surface area contributed by atoms with Gasteiger partial charge in [-0.2, -0.15) is 0 Å². The predicted molar refractivity (Wildman–Crippen MR) is 50.8 cm³/mol. The molecule has 1 aromatic carbocycles. The van der Waals surface area contributed by atoms with Crippen molar-refractivity contribution in [2.45, 2.75) is 5.92 Å². The summed E-state index contributed by atoms with van der Waals surface area (Å²) in [6, 6.07) is 10.0. The van der Waals surface area contributed by atoms with Gasteiger partial charge in [-0.05, 0) is 12.5 Å². The van der Waals surface area contributed by atoms with Crippen LogP contribution in [0.2, 0.25) is 0 Å². The molecule has 0 aliphatic rings. The Morgan fingerprint density at radius 3 is 2.36 bits per heavy atom. The molecule has 1 nitrogen and oxygen atoms in total. The Morgan fingerprint density at radius 2 is 1.86 bits per heavy atom. The van der Waals surface area contributed by atoms with Crippen LogP contribution >= 0.6 is 0 Å². The quantitative estimate of drug-likeness (QED) is 0.479. The van der Waals surface area contributed by atoms with Gasteiger partial charge in [-0.25, -0.2) is 0 Å². The van der Waals surface area contributed by atoms with Crippen LogP contribution in [0, 0.1) is 6.92 Å². The molecular formula is C11H13BrHgO. The van der Waals surface area contributed by atoms with Crippen LogP contribution in [0.1, 0.15) is 11.5 Å². The van der Waals surface area contributed by atoms with E-state index in [4.69, 9.17) is 5.11 Å². The van der Waals surface area contributed by atoms with Gasteiger partial charge in [-0.1, -0.05) is 42.5 Å². The van der Waals surface area contributed by atoms with Crippen LogP contribution in [0.25, 0.3) is 0 Å². The Morgan fingerprint density at radius 1 is 1.29 bits per heavy atom. The summed E-state index contributed by atoms with van der Waals surface area (Å²) in [7, 11) is 0. The Labute approximate surface area is 117 Å². The fourth-order valence-electron chi connectivity index (χ4n) is 1.04. The van der Waals surface area contributed by atoms with Gasteiger partial charge in [0.15, 0.2) is 0 Å². The first-order valence-corrected chi connectivity index (χ1v) is 4.00. The summed E-state index contributed by atoms with van der Waals surface area (Å²) in [4.78, 5) is 0. The third-order valence-electron chi connectivity index (χ3n) is 1.70. The molecule has 0 heterocycles. The van der Waals surface area contributed by atoms with E-state index in [1.807, 2.05) is 36.4 Å². The van der Waals surface area contributed by atoms with Crippen molar-refractivity contribution in [2.24, 2.45) is 0 Å². The number of aliphatic hydroxyl groups excluding tert-OH is 1. The SMILES string of the molecule is [Br-].[CH2]C(/C=C/CO)c1ccccc1.[Hg+]. The van der Waals surface area contributed by atoms with E-state index in [-0.39, 0.29) is 57.2 Å². The molecule has 1 atom stereocenters. The number of allylic oxidation sites excluding steroid dienone is 1. The molecule has 14 heavy (non-hydrogen) atoms. The van der Waals surface area contributed by atoms with Crippen molar-refractivity contribution in [3.63, 3.8) is 0 Å². The molecule has 0 aromatic heterocycles. The zero-order valence-electron chi connectivity index (χ0n) is 8.07. The van der Waals surface area contributed by atoms with E-state index < -0.39 is 0 Å². The summed E-state index contributed by atoms with van der Waals surface area (Å²) >= 11 is 0. The maximum absolute atomic E-state index is 8.55. The zero-order valence-corrected chi connectivity index (χ0v) is 15.1. The molecule has 1 unspecified atom stereocenters. The number of hydrogen-bond acceptors (Lipinski definition) is 1. The number of hydrogen-bond donors (Lipinski definition) is 1. The fraction of sp³-hybridized carbons (Fsp3) is 0.182. The summed E-state index contributed by atoms with van der Waals surface area (Å²) in [6.45, 7) is 4.03. The van der Waals surface area contributed by atoms with E-state index >= 15 is 0 Å². The summed E-state index contributed by atoms with van der Waals surface area (Å²) in [5.41, 5.74) is 1.17. The second kappa shape index (κ2) is 9.87. The average Bonchev–Trinajstić information content (AvgIpc) is 2.15. The first-order chi connectivity index (χ1) is 5.84. The van der Waals surface area contributed by atoms with Gasteiger partial charge in [-0.3, -0.25) is 0 Å². The third-order valence-corrected chi connectivity index (χ3v) is 1.70. The maximum atomic E-state index is 8.55. The third kappa shape index (κ3) is 5.94. The van der Waals surface area contributed by atoms with Gasteiger partial charge in [-0.15, -0.1) is 0 Å². The van der Waals surface area contributed by atoms with Gasteiger partial charge in [0, 0.05) is 5.92 Å². The summed E-state index contributed by atoms with van der Waals surface area (Å²) < 4.78 is 0. The van der Waals surface area contributed by atoms with E-state index in [0.717, 1.165) is 0 Å². The standard InChI is InChI=1S/C11H13O.BrH.Hg/c1-10(6-5-9-12)11-7-3-2-4-8-11;;/h2-8,10,12H,1,9H2;1H;/q;;+1/p-1/b6-5+;;. The van der Waals surface area contributed by atoms with Crippen molar-refractivity contribution in [2.75, 3.05) is 6.61 Å². The van der Waals surface area contributed by atoms with Gasteiger partial charge in [0.1, 0.15) is 0 Å². The second-order valence-corrected chi connectivity index (χ2v) is 2.63. The topological polar surface area (TPSA) is 20.2 Å². The maximum Gasteiger partial charge on any atom is 1.00 e. The van der Waals surface area contributed by atoms with Crippen LogP contribution in [-0.4, -0.2) is 11.7 Å². The number of benzene rings is 1. The molecule has 1 N–H and O–H groups in total. The molecule has 0 aliphatic heterocycles. The summed E-state index contributed by atoms with van der Waals surface area (Å²) in [6.07, 6.45) is 3.61. The van der Waals surface area contributed by atoms with Crippen molar-refractivity contribution in [1.29, 1.82) is 0 Å². The van der Waals surface area contributed by atoms with Crippen molar-refractivity contribution >= 4 is 0 Å². The normalized spacial score (nSPS) is 11.6. The molecule has 2 radical (unpaired) electrons. The molecule has 72 valence electrons. The van der Waals surface area contributed by atoms with Crippen LogP contribution in [0.15, 0.2) is 42.5 Å². The van der Waals surface area contributed by atoms with E-state index in [1.165, 1.54) is 5.56 Å². The van der Waals surface area contributed by atoms with Crippen LogP contribution in [-0.2, 0) is 27.7 Å². The molecule has 3 heteroatoms. The van der Waals surface area contributed by atoms with Gasteiger partial charge in [0.2, 0.25) is 0 Å². The minimum atomic E-state index is 0. The van der Waals surface area contributed by atoms with Crippen LogP contribution in [0.5, 0.6) is 0 Å². The van der Waals surface area contributed by atoms with Crippen molar-refractivity contribution in [3.05, 3.63) is 55.0 Å². The molecule has 1 aromatic rings. The Balaban J connectivity index is 0. The van der Waals surface area contributed by atoms with Gasteiger partial charge < -0.3 is 22.1 Å². The Kier molecular flexibility index (Phi) is 11.8. The Bertz CT molecular complexity index is 249. The number of aliphatic hydroxyl groups is 1. The summed E-state index contributed by atoms with van der Waals surface area (Å²) in [5.74, 6) is 0.137. The number of halogens is 1. The van der Waals surface area contributed by atoms with Crippen molar-refractivity contribution in [3.8, 4) is 0 Å². The molecular weight excluding hydrogens is 429 g/mol. The van der Waals surface area contributed by atoms with Crippen LogP contribution < -0.4 is 17.0 Å². The fourth-order valence-corrected chi connectivity index (χ4v) is 1.04. The van der Waals surface area contributed by atoms with E-state index in [2.05, 4.69) is 6.92 Å². The van der Waals surface area contributed by atoms with Crippen molar-refractivity contribution < 1.29 is 49.8 Å². The Hall–Kier alpha value is 0.335. The minimum Gasteiger partial charge on any atom is -1.00 e. The number of rotatable bonds is 3. The van der Waals surface area contributed by atoms with E-state index in [9.17, 15) is 0 Å². The van der Waals surface area contributed by atoms with Gasteiger partial charge in [0.05, 0.1) is 6.61 Å². The van der Waals surface area contributed by atoms with E-state index in [1.54, 1.807) is 6.08 Å². The molecule has 0 fully saturated rings. The molecule has 0 aliphatic carbocycles. The van der Waals surface area contributed by atoms with Crippen LogP contribution in [0.4, 0.5) is 0 Å². The molecule has 0 saturated heterocycles.